The zero-order valence-corrected chi connectivity index (χ0v) is 11.1. The number of ether oxygens (including phenoxy) is 2. The van der Waals surface area contributed by atoms with Gasteiger partial charge in [-0.25, -0.2) is 9.97 Å². The van der Waals surface area contributed by atoms with E-state index >= 15 is 0 Å². The number of H-pyrrole nitrogens is 1. The van der Waals surface area contributed by atoms with Gasteiger partial charge < -0.3 is 19.8 Å². The number of hydrogen-bond donors (Lipinski definition) is 2. The van der Waals surface area contributed by atoms with Crippen molar-refractivity contribution in [2.24, 2.45) is 0 Å². The molecule has 0 aliphatic rings. The van der Waals surface area contributed by atoms with Crippen LogP contribution in [0, 0.1) is 13.8 Å². The zero-order valence-electron chi connectivity index (χ0n) is 11.1. The number of rotatable bonds is 5. The fraction of sp³-hybridized carbons (Fsp3) is 0.500. The van der Waals surface area contributed by atoms with Gasteiger partial charge in [0.2, 0.25) is 0 Å². The molecule has 6 nitrogen and oxygen atoms in total. The van der Waals surface area contributed by atoms with E-state index < -0.39 is 0 Å². The first kappa shape index (κ1) is 12.8. The summed E-state index contributed by atoms with van der Waals surface area (Å²) < 4.78 is 10.3. The summed E-state index contributed by atoms with van der Waals surface area (Å²) in [5.74, 6) is 1.51. The summed E-state index contributed by atoms with van der Waals surface area (Å²) in [4.78, 5) is 12.0. The highest BCUT2D eigenvalue weighted by molar-refractivity contribution is 5.87. The number of nitrogens with one attached hydrogen (secondary N) is 2. The van der Waals surface area contributed by atoms with Gasteiger partial charge in [-0.3, -0.25) is 0 Å². The van der Waals surface area contributed by atoms with Gasteiger partial charge in [0, 0.05) is 19.9 Å². The van der Waals surface area contributed by atoms with Crippen molar-refractivity contribution in [1.29, 1.82) is 0 Å². The lowest BCUT2D eigenvalue weighted by molar-refractivity contribution is -0.0914. The Bertz CT molecular complexity index is 534. The maximum atomic E-state index is 5.13. The predicted molar refractivity (Wildman–Crippen MR) is 69.7 cm³/mol. The van der Waals surface area contributed by atoms with Crippen LogP contribution in [0.25, 0.3) is 11.0 Å². The molecule has 2 aromatic heterocycles. The molecular formula is C12H18N4O2. The van der Waals surface area contributed by atoms with Gasteiger partial charge >= 0.3 is 0 Å². The summed E-state index contributed by atoms with van der Waals surface area (Å²) in [6.45, 7) is 4.39. The number of aryl methyl sites for hydroxylation is 2. The van der Waals surface area contributed by atoms with Crippen LogP contribution in [0.5, 0.6) is 0 Å². The average molecular weight is 250 g/mol. The fourth-order valence-corrected chi connectivity index (χ4v) is 1.83. The third kappa shape index (κ3) is 2.60. The lowest BCUT2D eigenvalue weighted by Crippen LogP contribution is -2.24. The first-order valence-corrected chi connectivity index (χ1v) is 5.77. The summed E-state index contributed by atoms with van der Waals surface area (Å²) >= 11 is 0. The van der Waals surface area contributed by atoms with E-state index in [0.29, 0.717) is 6.54 Å². The summed E-state index contributed by atoms with van der Waals surface area (Å²) in [6.07, 6.45) is -0.296. The number of hydrogen-bond acceptors (Lipinski definition) is 5. The standard InChI is InChI=1S/C12H18N4O2/c1-7-5-9-11(13-6-10(17-3)18-4)15-8(2)16-12(9)14-7/h5,10H,6H2,1-4H3,(H2,13,14,15,16). The lowest BCUT2D eigenvalue weighted by Gasteiger charge is -2.14. The highest BCUT2D eigenvalue weighted by Gasteiger charge is 2.10. The highest BCUT2D eigenvalue weighted by Crippen LogP contribution is 2.21. The van der Waals surface area contributed by atoms with Crippen LogP contribution in [0.3, 0.4) is 0 Å². The molecule has 0 unspecified atom stereocenters. The molecule has 98 valence electrons. The van der Waals surface area contributed by atoms with Crippen LogP contribution in [0.1, 0.15) is 11.5 Å². The van der Waals surface area contributed by atoms with Gasteiger partial charge in [-0.2, -0.15) is 0 Å². The van der Waals surface area contributed by atoms with E-state index in [2.05, 4.69) is 20.3 Å². The zero-order chi connectivity index (χ0) is 13.1. The Morgan fingerprint density at radius 3 is 2.67 bits per heavy atom. The second kappa shape index (κ2) is 5.32. The SMILES string of the molecule is COC(CNc1nc(C)nc2[nH]c(C)cc12)OC. The lowest BCUT2D eigenvalue weighted by atomic mass is 10.3. The summed E-state index contributed by atoms with van der Waals surface area (Å²) in [5, 5.41) is 4.20. The fourth-order valence-electron chi connectivity index (χ4n) is 1.83. The van der Waals surface area contributed by atoms with Crippen molar-refractivity contribution < 1.29 is 9.47 Å². The molecule has 2 aromatic rings. The molecule has 0 saturated heterocycles. The minimum Gasteiger partial charge on any atom is -0.364 e. The number of methoxy groups -OCH3 is 2. The minimum absolute atomic E-state index is 0.296. The molecule has 0 atom stereocenters. The van der Waals surface area contributed by atoms with Gasteiger partial charge in [-0.05, 0) is 19.9 Å². The third-order valence-corrected chi connectivity index (χ3v) is 2.70. The van der Waals surface area contributed by atoms with Crippen molar-refractivity contribution in [3.05, 3.63) is 17.6 Å². The van der Waals surface area contributed by atoms with Gasteiger partial charge in [0.1, 0.15) is 17.3 Å². The van der Waals surface area contributed by atoms with Gasteiger partial charge in [0.15, 0.2) is 6.29 Å². The third-order valence-electron chi connectivity index (χ3n) is 2.70. The molecule has 0 fully saturated rings. The Hall–Kier alpha value is -1.66. The van der Waals surface area contributed by atoms with E-state index in [1.165, 1.54) is 0 Å². The number of fused-ring (bicyclic) bond motifs is 1. The molecule has 0 aliphatic carbocycles. The molecule has 0 aliphatic heterocycles. The molecule has 0 aromatic carbocycles. The first-order valence-electron chi connectivity index (χ1n) is 5.77. The molecule has 2 rings (SSSR count). The van der Waals surface area contributed by atoms with Gasteiger partial charge in [-0.1, -0.05) is 0 Å². The van der Waals surface area contributed by atoms with E-state index in [9.17, 15) is 0 Å². The van der Waals surface area contributed by atoms with Crippen LogP contribution >= 0.6 is 0 Å². The van der Waals surface area contributed by atoms with Gasteiger partial charge in [0.25, 0.3) is 0 Å². The van der Waals surface area contributed by atoms with E-state index in [1.807, 2.05) is 19.9 Å². The molecule has 2 heterocycles. The number of aromatic amines is 1. The average Bonchev–Trinajstić information content (AvgIpc) is 2.70. The number of nitrogens with zero attached hydrogens (tertiary/aromatic N) is 2. The van der Waals surface area contributed by atoms with Crippen molar-refractivity contribution in [2.75, 3.05) is 26.1 Å². The molecule has 0 saturated carbocycles. The molecule has 0 spiro atoms. The molecule has 6 heteroatoms. The highest BCUT2D eigenvalue weighted by atomic mass is 16.7. The second-order valence-electron chi connectivity index (χ2n) is 4.12. The predicted octanol–water partition coefficient (Wildman–Crippen LogP) is 1.61. The summed E-state index contributed by atoms with van der Waals surface area (Å²) in [6, 6.07) is 2.02. The van der Waals surface area contributed by atoms with Crippen molar-refractivity contribution in [3.63, 3.8) is 0 Å². The van der Waals surface area contributed by atoms with Crippen LogP contribution < -0.4 is 5.32 Å². The van der Waals surface area contributed by atoms with Crippen LogP contribution in [-0.2, 0) is 9.47 Å². The van der Waals surface area contributed by atoms with Crippen LogP contribution in [0.15, 0.2) is 6.07 Å². The molecule has 18 heavy (non-hydrogen) atoms. The summed E-state index contributed by atoms with van der Waals surface area (Å²) in [7, 11) is 3.22. The second-order valence-corrected chi connectivity index (χ2v) is 4.12. The van der Waals surface area contributed by atoms with E-state index in [1.54, 1.807) is 14.2 Å². The molecule has 2 N–H and O–H groups in total. The maximum absolute atomic E-state index is 5.13. The van der Waals surface area contributed by atoms with Crippen LogP contribution in [0.4, 0.5) is 5.82 Å². The molecule has 0 radical (unpaired) electrons. The van der Waals surface area contributed by atoms with Gasteiger partial charge in [0.05, 0.1) is 11.9 Å². The number of aromatic nitrogens is 3. The largest absolute Gasteiger partial charge is 0.364 e. The van der Waals surface area contributed by atoms with Crippen molar-refractivity contribution >= 4 is 16.9 Å². The normalized spacial score (nSPS) is 11.4. The van der Waals surface area contributed by atoms with E-state index in [4.69, 9.17) is 9.47 Å². The van der Waals surface area contributed by atoms with Crippen LogP contribution in [-0.4, -0.2) is 42.0 Å². The Morgan fingerprint density at radius 1 is 1.28 bits per heavy atom. The van der Waals surface area contributed by atoms with Crippen molar-refractivity contribution in [2.45, 2.75) is 20.1 Å². The quantitative estimate of drug-likeness (QED) is 0.789. The minimum atomic E-state index is -0.296. The Morgan fingerprint density at radius 2 is 2.00 bits per heavy atom. The monoisotopic (exact) mass is 250 g/mol. The van der Waals surface area contributed by atoms with Gasteiger partial charge in [-0.15, -0.1) is 0 Å². The number of anilines is 1. The first-order chi connectivity index (χ1) is 8.63. The van der Waals surface area contributed by atoms with Crippen molar-refractivity contribution in [3.8, 4) is 0 Å². The Labute approximate surface area is 106 Å². The van der Waals surface area contributed by atoms with Crippen LogP contribution in [0.2, 0.25) is 0 Å². The Balaban J connectivity index is 2.26. The summed E-state index contributed by atoms with van der Waals surface area (Å²) in [5.41, 5.74) is 1.90. The maximum Gasteiger partial charge on any atom is 0.173 e. The molecule has 0 bridgehead atoms. The van der Waals surface area contributed by atoms with E-state index in [0.717, 1.165) is 28.4 Å². The van der Waals surface area contributed by atoms with E-state index in [-0.39, 0.29) is 6.29 Å². The Kier molecular flexibility index (Phi) is 3.78. The van der Waals surface area contributed by atoms with Crippen molar-refractivity contribution in [1.82, 2.24) is 15.0 Å². The molecule has 0 amide bonds. The smallest absolute Gasteiger partial charge is 0.173 e. The molecular weight excluding hydrogens is 232 g/mol. The topological polar surface area (TPSA) is 72.1 Å².